The lowest BCUT2D eigenvalue weighted by atomic mass is 10.1. The maximum Gasteiger partial charge on any atom is 0.166 e. The molecule has 0 spiro atoms. The fourth-order valence-electron chi connectivity index (χ4n) is 2.49. The molecular formula is C20H21Cl2NO2S. The number of rotatable bonds is 8. The Morgan fingerprint density at radius 3 is 2.50 bits per heavy atom. The Hall–Kier alpha value is -1.72. The first-order valence-corrected chi connectivity index (χ1v) is 9.28. The molecule has 0 radical (unpaired) electrons. The van der Waals surface area contributed by atoms with Gasteiger partial charge in [0.25, 0.3) is 0 Å². The summed E-state index contributed by atoms with van der Waals surface area (Å²) in [5, 5.41) is 6.27. The van der Waals surface area contributed by atoms with Crippen molar-refractivity contribution in [2.75, 3.05) is 7.11 Å². The first kappa shape index (κ1) is 20.6. The van der Waals surface area contributed by atoms with Gasteiger partial charge in [-0.2, -0.15) is 0 Å². The molecule has 138 valence electrons. The number of hydrogen-bond acceptors (Lipinski definition) is 4. The molecule has 3 nitrogen and oxygen atoms in total. The second kappa shape index (κ2) is 10.4. The number of ether oxygens (including phenoxy) is 2. The van der Waals surface area contributed by atoms with Crippen molar-refractivity contribution in [2.24, 2.45) is 0 Å². The van der Waals surface area contributed by atoms with Gasteiger partial charge < -0.3 is 14.8 Å². The number of hydrogen-bond donors (Lipinski definition) is 1. The monoisotopic (exact) mass is 409 g/mol. The van der Waals surface area contributed by atoms with Gasteiger partial charge in [0.1, 0.15) is 6.61 Å². The highest BCUT2D eigenvalue weighted by molar-refractivity contribution is 7.09. The van der Waals surface area contributed by atoms with Gasteiger partial charge in [0.05, 0.1) is 7.11 Å². The van der Waals surface area contributed by atoms with Gasteiger partial charge in [-0.25, -0.2) is 0 Å². The summed E-state index contributed by atoms with van der Waals surface area (Å²) < 4.78 is 11.5. The molecule has 2 aromatic carbocycles. The standard InChI is InChI=1S/C20H20ClNO2S.ClH/c1-23-19-6-2-4-16(12-22-13-18-5-3-11-25-18)20(19)24-14-15-7-9-17(21)10-8-15;/h2-11,22H,12-14H2,1H3;1H. The third-order valence-electron chi connectivity index (χ3n) is 3.77. The van der Waals surface area contributed by atoms with Crippen LogP contribution >= 0.6 is 35.3 Å². The van der Waals surface area contributed by atoms with Crippen molar-refractivity contribution < 1.29 is 9.47 Å². The van der Waals surface area contributed by atoms with Crippen molar-refractivity contribution in [3.63, 3.8) is 0 Å². The van der Waals surface area contributed by atoms with Crippen molar-refractivity contribution in [1.82, 2.24) is 5.32 Å². The lowest BCUT2D eigenvalue weighted by Crippen LogP contribution is -2.13. The fraction of sp³-hybridized carbons (Fsp3) is 0.200. The molecule has 1 heterocycles. The SMILES string of the molecule is COc1cccc(CNCc2cccs2)c1OCc1ccc(Cl)cc1.Cl. The maximum absolute atomic E-state index is 6.07. The van der Waals surface area contributed by atoms with Crippen molar-refractivity contribution in [2.45, 2.75) is 19.7 Å². The molecule has 0 aliphatic carbocycles. The summed E-state index contributed by atoms with van der Waals surface area (Å²) in [6.07, 6.45) is 0. The number of thiophene rings is 1. The fourth-order valence-corrected chi connectivity index (χ4v) is 3.30. The molecule has 0 aliphatic rings. The quantitative estimate of drug-likeness (QED) is 0.517. The van der Waals surface area contributed by atoms with Crippen molar-refractivity contribution in [3.05, 3.63) is 81.0 Å². The van der Waals surface area contributed by atoms with E-state index >= 15 is 0 Å². The van der Waals surface area contributed by atoms with E-state index in [1.54, 1.807) is 18.4 Å². The molecule has 0 saturated heterocycles. The van der Waals surface area contributed by atoms with E-state index in [0.29, 0.717) is 13.2 Å². The Bertz CT molecular complexity index is 792. The Kier molecular flexibility index (Phi) is 8.26. The summed E-state index contributed by atoms with van der Waals surface area (Å²) in [5.41, 5.74) is 2.14. The molecular weight excluding hydrogens is 389 g/mol. The van der Waals surface area contributed by atoms with E-state index in [0.717, 1.165) is 34.2 Å². The summed E-state index contributed by atoms with van der Waals surface area (Å²) in [4.78, 5) is 1.31. The smallest absolute Gasteiger partial charge is 0.166 e. The van der Waals surface area contributed by atoms with Crippen LogP contribution in [0.2, 0.25) is 5.02 Å². The molecule has 1 N–H and O–H groups in total. The number of para-hydroxylation sites is 1. The van der Waals surface area contributed by atoms with Crippen LogP contribution in [-0.4, -0.2) is 7.11 Å². The van der Waals surface area contributed by atoms with E-state index < -0.39 is 0 Å². The second-order valence-electron chi connectivity index (χ2n) is 5.55. The average molecular weight is 410 g/mol. The van der Waals surface area contributed by atoms with Crippen LogP contribution < -0.4 is 14.8 Å². The van der Waals surface area contributed by atoms with Crippen LogP contribution in [0, 0.1) is 0 Å². The van der Waals surface area contributed by atoms with Crippen molar-refractivity contribution in [1.29, 1.82) is 0 Å². The number of halogens is 2. The predicted octanol–water partition coefficient (Wildman–Crippen LogP) is 5.70. The summed E-state index contributed by atoms with van der Waals surface area (Å²) in [6.45, 7) is 2.02. The molecule has 3 rings (SSSR count). The van der Waals surface area contributed by atoms with Crippen molar-refractivity contribution >= 4 is 35.3 Å². The molecule has 0 fully saturated rings. The lowest BCUT2D eigenvalue weighted by Gasteiger charge is -2.15. The molecule has 0 aliphatic heterocycles. The van der Waals surface area contributed by atoms with E-state index in [4.69, 9.17) is 21.1 Å². The highest BCUT2D eigenvalue weighted by Gasteiger charge is 2.11. The van der Waals surface area contributed by atoms with Crippen LogP contribution in [0.4, 0.5) is 0 Å². The molecule has 0 bridgehead atoms. The largest absolute Gasteiger partial charge is 0.493 e. The van der Waals surface area contributed by atoms with Gasteiger partial charge in [-0.15, -0.1) is 23.7 Å². The van der Waals surface area contributed by atoms with Gasteiger partial charge in [0, 0.05) is 28.6 Å². The second-order valence-corrected chi connectivity index (χ2v) is 7.02. The van der Waals surface area contributed by atoms with Gasteiger partial charge >= 0.3 is 0 Å². The molecule has 26 heavy (non-hydrogen) atoms. The normalized spacial score (nSPS) is 10.2. The van der Waals surface area contributed by atoms with E-state index in [1.165, 1.54) is 4.88 Å². The minimum absolute atomic E-state index is 0. The molecule has 0 unspecified atom stereocenters. The predicted molar refractivity (Wildman–Crippen MR) is 111 cm³/mol. The summed E-state index contributed by atoms with van der Waals surface area (Å²) in [5.74, 6) is 1.52. The summed E-state index contributed by atoms with van der Waals surface area (Å²) in [6, 6.07) is 17.8. The van der Waals surface area contributed by atoms with Gasteiger partial charge in [0.2, 0.25) is 0 Å². The molecule has 0 atom stereocenters. The third-order valence-corrected chi connectivity index (χ3v) is 4.90. The Labute approximate surface area is 169 Å². The van der Waals surface area contributed by atoms with E-state index in [-0.39, 0.29) is 12.4 Å². The van der Waals surface area contributed by atoms with Crippen LogP contribution in [-0.2, 0) is 19.7 Å². The number of nitrogens with one attached hydrogen (secondary N) is 1. The maximum atomic E-state index is 6.07. The minimum atomic E-state index is 0. The first-order valence-electron chi connectivity index (χ1n) is 8.02. The Morgan fingerprint density at radius 1 is 1.00 bits per heavy atom. The molecule has 6 heteroatoms. The third kappa shape index (κ3) is 5.64. The molecule has 0 amide bonds. The number of methoxy groups -OCH3 is 1. The molecule has 0 saturated carbocycles. The first-order chi connectivity index (χ1) is 12.3. The van der Waals surface area contributed by atoms with Crippen LogP contribution in [0.25, 0.3) is 0 Å². The van der Waals surface area contributed by atoms with Gasteiger partial charge in [-0.05, 0) is 35.2 Å². The number of benzene rings is 2. The molecule has 1 aromatic heterocycles. The van der Waals surface area contributed by atoms with E-state index in [9.17, 15) is 0 Å². The highest BCUT2D eigenvalue weighted by atomic mass is 35.5. The topological polar surface area (TPSA) is 30.5 Å². The highest BCUT2D eigenvalue weighted by Crippen LogP contribution is 2.32. The summed E-state index contributed by atoms with van der Waals surface area (Å²) in [7, 11) is 1.66. The Balaban J connectivity index is 0.00000243. The van der Waals surface area contributed by atoms with Crippen LogP contribution in [0.5, 0.6) is 11.5 Å². The van der Waals surface area contributed by atoms with Crippen LogP contribution in [0.1, 0.15) is 16.0 Å². The van der Waals surface area contributed by atoms with Gasteiger partial charge in [-0.1, -0.05) is 41.9 Å². The Morgan fingerprint density at radius 2 is 1.81 bits per heavy atom. The van der Waals surface area contributed by atoms with E-state index in [2.05, 4.69) is 28.9 Å². The van der Waals surface area contributed by atoms with Crippen LogP contribution in [0.3, 0.4) is 0 Å². The van der Waals surface area contributed by atoms with Crippen LogP contribution in [0.15, 0.2) is 60.0 Å². The van der Waals surface area contributed by atoms with E-state index in [1.807, 2.05) is 36.4 Å². The van der Waals surface area contributed by atoms with Crippen molar-refractivity contribution in [3.8, 4) is 11.5 Å². The zero-order chi connectivity index (χ0) is 17.5. The zero-order valence-electron chi connectivity index (χ0n) is 14.4. The lowest BCUT2D eigenvalue weighted by molar-refractivity contribution is 0.280. The molecule has 3 aromatic rings. The minimum Gasteiger partial charge on any atom is -0.493 e. The average Bonchev–Trinajstić information content (AvgIpc) is 3.15. The summed E-state index contributed by atoms with van der Waals surface area (Å²) >= 11 is 7.68. The van der Waals surface area contributed by atoms with Gasteiger partial charge in [-0.3, -0.25) is 0 Å². The van der Waals surface area contributed by atoms with Gasteiger partial charge in [0.15, 0.2) is 11.5 Å². The zero-order valence-corrected chi connectivity index (χ0v) is 16.8.